The molecule has 1 unspecified atom stereocenters. The van der Waals surface area contributed by atoms with Crippen molar-refractivity contribution in [2.45, 2.75) is 58.5 Å². The fourth-order valence-corrected chi connectivity index (χ4v) is 3.90. The van der Waals surface area contributed by atoms with Crippen LogP contribution >= 0.6 is 0 Å². The summed E-state index contributed by atoms with van der Waals surface area (Å²) in [4.78, 5) is 14.3. The lowest BCUT2D eigenvalue weighted by atomic mass is 9.69. The van der Waals surface area contributed by atoms with E-state index in [1.54, 1.807) is 4.90 Å². The van der Waals surface area contributed by atoms with Crippen LogP contribution in [0.4, 0.5) is 0 Å². The molecule has 1 atom stereocenters. The normalized spacial score (nSPS) is 34.0. The van der Waals surface area contributed by atoms with Gasteiger partial charge in [0.15, 0.2) is 0 Å². The molecule has 2 rings (SSSR count). The van der Waals surface area contributed by atoms with E-state index < -0.39 is 5.60 Å². The number of hydrogen-bond acceptors (Lipinski definition) is 3. The average molecular weight is 296 g/mol. The van der Waals surface area contributed by atoms with Gasteiger partial charge in [0, 0.05) is 19.5 Å². The Morgan fingerprint density at radius 1 is 1.29 bits per heavy atom. The maximum atomic E-state index is 12.6. The molecule has 2 N–H and O–H groups in total. The van der Waals surface area contributed by atoms with Gasteiger partial charge in [-0.25, -0.2) is 0 Å². The fourth-order valence-electron chi connectivity index (χ4n) is 3.90. The van der Waals surface area contributed by atoms with Crippen LogP contribution in [-0.4, -0.2) is 48.2 Å². The van der Waals surface area contributed by atoms with Crippen molar-refractivity contribution in [3.05, 3.63) is 0 Å². The third kappa shape index (κ3) is 4.19. The summed E-state index contributed by atoms with van der Waals surface area (Å²) in [6.45, 7) is 8.80. The second kappa shape index (κ2) is 6.25. The topological polar surface area (TPSA) is 52.6 Å². The number of aliphatic hydroxyl groups is 1. The number of β-amino-alcohol motifs (C(OH)–C–C–N with tert-alkyl or cyclic N) is 1. The van der Waals surface area contributed by atoms with Crippen LogP contribution in [0.3, 0.4) is 0 Å². The van der Waals surface area contributed by atoms with Gasteiger partial charge in [-0.1, -0.05) is 20.8 Å². The Morgan fingerprint density at radius 2 is 1.90 bits per heavy atom. The fraction of sp³-hybridized carbons (Fsp3) is 0.941. The Hall–Kier alpha value is -0.610. The van der Waals surface area contributed by atoms with Crippen molar-refractivity contribution in [3.63, 3.8) is 0 Å². The van der Waals surface area contributed by atoms with E-state index in [-0.39, 0.29) is 11.8 Å². The predicted molar refractivity (Wildman–Crippen MR) is 85.0 cm³/mol. The zero-order valence-electron chi connectivity index (χ0n) is 14.1. The maximum absolute atomic E-state index is 12.6. The molecule has 4 nitrogen and oxygen atoms in total. The molecule has 2 aliphatic rings. The number of hydrogen-bond donors (Lipinski definition) is 2. The summed E-state index contributed by atoms with van der Waals surface area (Å²) in [5.41, 5.74) is -0.377. The van der Waals surface area contributed by atoms with Crippen molar-refractivity contribution in [2.75, 3.05) is 26.7 Å². The lowest BCUT2D eigenvalue weighted by Crippen LogP contribution is -2.47. The summed E-state index contributed by atoms with van der Waals surface area (Å²) in [5.74, 6) is 1.12. The molecule has 4 heteroatoms. The number of likely N-dealkylation sites (N-methyl/N-ethyl adjacent to an activating group) is 1. The minimum absolute atomic E-state index is 0.159. The Bertz CT molecular complexity index is 361. The van der Waals surface area contributed by atoms with Gasteiger partial charge in [-0.15, -0.1) is 0 Å². The number of rotatable bonds is 3. The molecule has 1 aliphatic carbocycles. The van der Waals surface area contributed by atoms with E-state index in [0.717, 1.165) is 44.6 Å². The molecule has 0 spiro atoms. The van der Waals surface area contributed by atoms with Gasteiger partial charge in [0.2, 0.25) is 5.91 Å². The van der Waals surface area contributed by atoms with Crippen LogP contribution in [-0.2, 0) is 4.79 Å². The zero-order valence-corrected chi connectivity index (χ0v) is 14.1. The second-order valence-electron chi connectivity index (χ2n) is 8.26. The number of amides is 1. The first-order chi connectivity index (χ1) is 9.71. The third-order valence-electron chi connectivity index (χ3n) is 5.43. The smallest absolute Gasteiger partial charge is 0.225 e. The van der Waals surface area contributed by atoms with Crippen LogP contribution in [0.1, 0.15) is 52.9 Å². The van der Waals surface area contributed by atoms with Crippen molar-refractivity contribution in [3.8, 4) is 0 Å². The molecule has 0 aromatic rings. The number of carbonyl (C=O) groups excluding carboxylic acids is 1. The molecule has 0 aromatic heterocycles. The number of carbonyl (C=O) groups is 1. The molecule has 1 saturated heterocycles. The number of nitrogens with one attached hydrogen (secondary N) is 1. The van der Waals surface area contributed by atoms with Gasteiger partial charge in [0.25, 0.3) is 0 Å². The first kappa shape index (κ1) is 16.8. The van der Waals surface area contributed by atoms with Gasteiger partial charge in [0.1, 0.15) is 0 Å². The highest BCUT2D eigenvalue weighted by Gasteiger charge is 2.37. The minimum atomic E-state index is -0.729. The van der Waals surface area contributed by atoms with E-state index >= 15 is 0 Å². The first-order valence-electron chi connectivity index (χ1n) is 8.39. The summed E-state index contributed by atoms with van der Waals surface area (Å²) in [6, 6.07) is 0. The molecule has 0 aromatic carbocycles. The van der Waals surface area contributed by atoms with Gasteiger partial charge in [0.05, 0.1) is 12.1 Å². The summed E-state index contributed by atoms with van der Waals surface area (Å²) >= 11 is 0. The van der Waals surface area contributed by atoms with Crippen molar-refractivity contribution in [1.82, 2.24) is 10.2 Å². The van der Waals surface area contributed by atoms with Crippen LogP contribution in [0.2, 0.25) is 0 Å². The quantitative estimate of drug-likeness (QED) is 0.838. The Morgan fingerprint density at radius 3 is 2.38 bits per heavy atom. The van der Waals surface area contributed by atoms with Crippen LogP contribution < -0.4 is 5.32 Å². The Balaban J connectivity index is 1.84. The summed E-state index contributed by atoms with van der Waals surface area (Å²) in [6.07, 6.45) is 5.05. The minimum Gasteiger partial charge on any atom is -0.387 e. The van der Waals surface area contributed by atoms with Gasteiger partial charge in [-0.05, 0) is 50.0 Å². The molecule has 1 amide bonds. The van der Waals surface area contributed by atoms with Crippen LogP contribution in [0, 0.1) is 17.3 Å². The van der Waals surface area contributed by atoms with Gasteiger partial charge in [-0.3, -0.25) is 4.79 Å². The molecular weight excluding hydrogens is 264 g/mol. The lowest BCUT2D eigenvalue weighted by Gasteiger charge is -2.38. The van der Waals surface area contributed by atoms with E-state index in [1.807, 2.05) is 7.05 Å². The summed E-state index contributed by atoms with van der Waals surface area (Å²) in [7, 11) is 1.84. The Labute approximate surface area is 129 Å². The molecule has 2 fully saturated rings. The molecule has 1 aliphatic heterocycles. The van der Waals surface area contributed by atoms with Crippen molar-refractivity contribution < 1.29 is 9.90 Å². The van der Waals surface area contributed by atoms with Crippen LogP contribution in [0.15, 0.2) is 0 Å². The third-order valence-corrected chi connectivity index (χ3v) is 5.43. The highest BCUT2D eigenvalue weighted by molar-refractivity contribution is 5.78. The summed E-state index contributed by atoms with van der Waals surface area (Å²) in [5, 5.41) is 13.6. The van der Waals surface area contributed by atoms with Gasteiger partial charge in [-0.2, -0.15) is 0 Å². The van der Waals surface area contributed by atoms with Crippen LogP contribution in [0.5, 0.6) is 0 Å². The highest BCUT2D eigenvalue weighted by Crippen LogP contribution is 2.40. The van der Waals surface area contributed by atoms with Gasteiger partial charge < -0.3 is 15.3 Å². The van der Waals surface area contributed by atoms with E-state index in [9.17, 15) is 9.90 Å². The molecule has 1 heterocycles. The molecule has 122 valence electrons. The molecule has 1 saturated carbocycles. The number of nitrogens with zero attached hydrogens (tertiary/aromatic N) is 1. The summed E-state index contributed by atoms with van der Waals surface area (Å²) < 4.78 is 0. The van der Waals surface area contributed by atoms with Crippen molar-refractivity contribution in [1.29, 1.82) is 0 Å². The molecule has 0 radical (unpaired) electrons. The maximum Gasteiger partial charge on any atom is 0.225 e. The largest absolute Gasteiger partial charge is 0.387 e. The average Bonchev–Trinajstić information content (AvgIpc) is 2.83. The standard InChI is InChI=1S/C17H32N2O2/c1-16(2,3)14-7-5-13(6-8-14)15(20)19(4)12-17(21)9-10-18-11-17/h13-14,18,21H,5-12H2,1-4H3. The van der Waals surface area contributed by atoms with Crippen LogP contribution in [0.25, 0.3) is 0 Å². The van der Waals surface area contributed by atoms with E-state index in [0.29, 0.717) is 18.5 Å². The monoisotopic (exact) mass is 296 g/mol. The zero-order chi connectivity index (χ0) is 15.7. The van der Waals surface area contributed by atoms with E-state index in [4.69, 9.17) is 0 Å². The van der Waals surface area contributed by atoms with Gasteiger partial charge >= 0.3 is 0 Å². The van der Waals surface area contributed by atoms with E-state index in [2.05, 4.69) is 26.1 Å². The van der Waals surface area contributed by atoms with E-state index in [1.165, 1.54) is 0 Å². The SMILES string of the molecule is CN(CC1(O)CCNC1)C(=O)C1CCC(C(C)(C)C)CC1. The second-order valence-corrected chi connectivity index (χ2v) is 8.26. The molecule has 21 heavy (non-hydrogen) atoms. The first-order valence-corrected chi connectivity index (χ1v) is 8.39. The Kier molecular flexibility index (Phi) is 4.99. The predicted octanol–water partition coefficient (Wildman–Crippen LogP) is 2.02. The van der Waals surface area contributed by atoms with Crippen molar-refractivity contribution in [2.24, 2.45) is 17.3 Å². The lowest BCUT2D eigenvalue weighted by molar-refractivity contribution is -0.138. The van der Waals surface area contributed by atoms with Crippen molar-refractivity contribution >= 4 is 5.91 Å². The molecular formula is C17H32N2O2. The molecule has 0 bridgehead atoms. The highest BCUT2D eigenvalue weighted by atomic mass is 16.3.